The molecule has 0 atom stereocenters. The van der Waals surface area contributed by atoms with E-state index in [4.69, 9.17) is 48.5 Å². The van der Waals surface area contributed by atoms with Gasteiger partial charge in [-0.3, -0.25) is 0 Å². The van der Waals surface area contributed by atoms with Gasteiger partial charge in [0.25, 0.3) is 0 Å². The number of benzene rings is 2. The first-order valence-corrected chi connectivity index (χ1v) is 8.70. The van der Waals surface area contributed by atoms with Crippen LogP contribution in [0.5, 0.6) is 0 Å². The number of halogens is 2. The second kappa shape index (κ2) is 12.7. The molecular formula is C16H12Cl2N6S2Zn. The minimum absolute atomic E-state index is 0. The van der Waals surface area contributed by atoms with Crippen LogP contribution in [0.15, 0.2) is 68.9 Å². The van der Waals surface area contributed by atoms with Crippen LogP contribution < -0.4 is 10.6 Å². The van der Waals surface area contributed by atoms with Crippen LogP contribution in [0.1, 0.15) is 0 Å². The van der Waals surface area contributed by atoms with Gasteiger partial charge in [-0.1, -0.05) is 23.2 Å². The number of hydrogen-bond acceptors (Lipinski definition) is 6. The predicted octanol–water partition coefficient (Wildman–Crippen LogP) is 4.29. The number of nitrogens with one attached hydrogen (secondary N) is 2. The van der Waals surface area contributed by atoms with Gasteiger partial charge >= 0.3 is 19.5 Å². The molecule has 0 saturated heterocycles. The molecular weight excluding hydrogens is 477 g/mol. The smallest absolute Gasteiger partial charge is 0.741 e. The molecule has 6 nitrogen and oxygen atoms in total. The number of rotatable bonds is 5. The monoisotopic (exact) mass is 486 g/mol. The molecule has 0 aliphatic carbocycles. The van der Waals surface area contributed by atoms with Crippen LogP contribution >= 0.6 is 23.2 Å². The SMILES string of the molecule is [S-]C(=NN=CC=NN=C([S-])Nc1ccc(Cl)cc1)Nc1ccc(Cl)cc1.[Zn+2]. The first kappa shape index (κ1) is 23.4. The Kier molecular flexibility index (Phi) is 11.0. The van der Waals surface area contributed by atoms with Crippen LogP contribution in [0.2, 0.25) is 10.0 Å². The summed E-state index contributed by atoms with van der Waals surface area (Å²) in [5.41, 5.74) is 1.53. The zero-order valence-corrected chi connectivity index (χ0v) is 20.0. The molecule has 0 aliphatic heterocycles. The van der Waals surface area contributed by atoms with Gasteiger partial charge in [0.15, 0.2) is 0 Å². The van der Waals surface area contributed by atoms with Crippen molar-refractivity contribution in [1.82, 2.24) is 0 Å². The Labute approximate surface area is 190 Å². The molecule has 0 bridgehead atoms. The van der Waals surface area contributed by atoms with Crippen LogP contribution in [-0.4, -0.2) is 22.8 Å². The van der Waals surface area contributed by atoms with Crippen LogP contribution in [0, 0.1) is 0 Å². The average molecular weight is 489 g/mol. The predicted molar refractivity (Wildman–Crippen MR) is 117 cm³/mol. The van der Waals surface area contributed by atoms with E-state index in [9.17, 15) is 0 Å². The zero-order chi connectivity index (χ0) is 18.8. The molecule has 0 aromatic heterocycles. The van der Waals surface area contributed by atoms with Gasteiger partial charge in [-0.15, -0.1) is 0 Å². The Morgan fingerprint density at radius 1 is 0.704 bits per heavy atom. The maximum Gasteiger partial charge on any atom is 2.00 e. The molecule has 0 fully saturated rings. The summed E-state index contributed by atoms with van der Waals surface area (Å²) in [4.78, 5) is 0. The fraction of sp³-hybridized carbons (Fsp3) is 0. The third-order valence-electron chi connectivity index (χ3n) is 2.69. The molecule has 27 heavy (non-hydrogen) atoms. The van der Waals surface area contributed by atoms with Gasteiger partial charge in [0, 0.05) is 31.8 Å². The Morgan fingerprint density at radius 3 is 1.37 bits per heavy atom. The van der Waals surface area contributed by atoms with Crippen molar-refractivity contribution < 1.29 is 19.5 Å². The molecule has 0 unspecified atom stereocenters. The van der Waals surface area contributed by atoms with Crippen molar-refractivity contribution in [3.05, 3.63) is 58.6 Å². The van der Waals surface area contributed by atoms with Crippen molar-refractivity contribution in [3.63, 3.8) is 0 Å². The number of nitrogens with zero attached hydrogens (tertiary/aromatic N) is 4. The molecule has 0 radical (unpaired) electrons. The van der Waals surface area contributed by atoms with Crippen molar-refractivity contribution in [2.24, 2.45) is 20.4 Å². The Bertz CT molecular complexity index is 767. The second-order valence-corrected chi connectivity index (χ2v) is 6.25. The third kappa shape index (κ3) is 9.74. The fourth-order valence-corrected chi connectivity index (χ4v) is 2.18. The molecule has 0 amide bonds. The van der Waals surface area contributed by atoms with Gasteiger partial charge in [0.05, 0.1) is 12.4 Å². The quantitative estimate of drug-likeness (QED) is 0.216. The molecule has 11 heteroatoms. The number of hydrogen-bond donors (Lipinski definition) is 2. The van der Waals surface area contributed by atoms with Crippen LogP contribution in [0.4, 0.5) is 11.4 Å². The molecule has 0 saturated carbocycles. The normalized spacial score (nSPS) is 12.2. The average Bonchev–Trinajstić information content (AvgIpc) is 2.62. The minimum atomic E-state index is 0. The summed E-state index contributed by atoms with van der Waals surface area (Å²) in [6, 6.07) is 14.1. The van der Waals surface area contributed by atoms with Crippen molar-refractivity contribution >= 4 is 82.6 Å². The molecule has 134 valence electrons. The van der Waals surface area contributed by atoms with Gasteiger partial charge in [-0.2, -0.15) is 20.4 Å². The molecule has 0 heterocycles. The Morgan fingerprint density at radius 2 is 1.04 bits per heavy atom. The third-order valence-corrected chi connectivity index (χ3v) is 3.56. The van der Waals surface area contributed by atoms with E-state index in [-0.39, 0.29) is 29.8 Å². The van der Waals surface area contributed by atoms with Crippen molar-refractivity contribution in [1.29, 1.82) is 0 Å². The topological polar surface area (TPSA) is 73.5 Å². The largest absolute Gasteiger partial charge is 2.00 e. The van der Waals surface area contributed by atoms with Gasteiger partial charge in [-0.05, 0) is 48.5 Å². The fourth-order valence-electron chi connectivity index (χ4n) is 1.59. The van der Waals surface area contributed by atoms with Crippen molar-refractivity contribution in [2.45, 2.75) is 0 Å². The molecule has 2 aromatic carbocycles. The van der Waals surface area contributed by atoms with E-state index < -0.39 is 0 Å². The van der Waals surface area contributed by atoms with Crippen molar-refractivity contribution in [2.75, 3.05) is 10.6 Å². The van der Waals surface area contributed by atoms with Gasteiger partial charge in [-0.25, -0.2) is 0 Å². The second-order valence-electron chi connectivity index (χ2n) is 4.60. The maximum atomic E-state index is 5.80. The molecule has 2 rings (SSSR count). The Balaban J connectivity index is 0.00000364. The number of amidine groups is 2. The summed E-state index contributed by atoms with van der Waals surface area (Å²) in [7, 11) is 0. The van der Waals surface area contributed by atoms with Gasteiger partial charge in [0.2, 0.25) is 0 Å². The standard InChI is InChI=1S/C16H14Cl2N6S2.Zn/c17-11-1-5-13(6-2-11)21-15(25)23-19-9-10-20-24-16(26)22-14-7-3-12(18)4-8-14;/h1-10H,(H2,21,23,25)(H2,22,24,26);/q;+2/p-2. The first-order valence-electron chi connectivity index (χ1n) is 7.13. The molecule has 2 N–H and O–H groups in total. The zero-order valence-electron chi connectivity index (χ0n) is 13.8. The van der Waals surface area contributed by atoms with Crippen LogP contribution in [0.3, 0.4) is 0 Å². The van der Waals surface area contributed by atoms with E-state index in [1.807, 2.05) is 0 Å². The van der Waals surface area contributed by atoms with Gasteiger partial charge in [0.1, 0.15) is 0 Å². The van der Waals surface area contributed by atoms with E-state index >= 15 is 0 Å². The summed E-state index contributed by atoms with van der Waals surface area (Å²) < 4.78 is 0. The van der Waals surface area contributed by atoms with E-state index in [0.29, 0.717) is 10.0 Å². The number of anilines is 2. The summed E-state index contributed by atoms with van der Waals surface area (Å²) in [5, 5.41) is 22.6. The van der Waals surface area contributed by atoms with Crippen molar-refractivity contribution in [3.8, 4) is 0 Å². The van der Waals surface area contributed by atoms with Crippen LogP contribution in [0.25, 0.3) is 0 Å². The maximum absolute atomic E-state index is 5.80. The van der Waals surface area contributed by atoms with E-state index in [1.54, 1.807) is 48.5 Å². The molecule has 2 aromatic rings. The summed E-state index contributed by atoms with van der Waals surface area (Å²) in [5.74, 6) is 0. The first-order chi connectivity index (χ1) is 12.5. The van der Waals surface area contributed by atoms with E-state index in [2.05, 4.69) is 31.0 Å². The van der Waals surface area contributed by atoms with E-state index in [0.717, 1.165) is 11.4 Å². The van der Waals surface area contributed by atoms with E-state index in [1.165, 1.54) is 12.4 Å². The summed E-state index contributed by atoms with van der Waals surface area (Å²) in [6.45, 7) is 0. The Hall–Kier alpha value is -1.64. The molecule has 0 aliphatic rings. The summed E-state index contributed by atoms with van der Waals surface area (Å²) in [6.07, 6.45) is 2.68. The van der Waals surface area contributed by atoms with Crippen LogP contribution in [-0.2, 0) is 44.7 Å². The summed E-state index contributed by atoms with van der Waals surface area (Å²) >= 11 is 21.7. The van der Waals surface area contributed by atoms with Gasteiger partial charge < -0.3 is 35.9 Å². The molecule has 0 spiro atoms. The minimum Gasteiger partial charge on any atom is -0.741 e.